The van der Waals surface area contributed by atoms with E-state index < -0.39 is 0 Å². The van der Waals surface area contributed by atoms with E-state index >= 15 is 0 Å². The summed E-state index contributed by atoms with van der Waals surface area (Å²) in [7, 11) is 4.34. The SMILES string of the molecule is Cc1ccc(/C(CCN(C)C)=C(/B(c2ccc(-c3ccccc3)cc2)c2ccc(-c3ccccc3)cc2)c2ccc(-c3ccccc3)cc2)cc1. The molecule has 0 aliphatic rings. The lowest BCUT2D eigenvalue weighted by molar-refractivity contribution is 0.419. The van der Waals surface area contributed by atoms with Gasteiger partial charge in [0.25, 0.3) is 0 Å². The van der Waals surface area contributed by atoms with Gasteiger partial charge in [-0.05, 0) is 77.5 Å². The first-order valence-electron chi connectivity index (χ1n) is 17.9. The molecule has 0 atom stereocenters. The zero-order chi connectivity index (χ0) is 35.0. The van der Waals surface area contributed by atoms with Gasteiger partial charge in [0.05, 0.1) is 0 Å². The van der Waals surface area contributed by atoms with Crippen LogP contribution in [0, 0.1) is 6.92 Å². The summed E-state index contributed by atoms with van der Waals surface area (Å²) in [6.45, 7) is 3.11. The molecule has 0 saturated carbocycles. The second-order valence-corrected chi connectivity index (χ2v) is 13.7. The van der Waals surface area contributed by atoms with E-state index in [0.29, 0.717) is 0 Å². The number of aryl methyl sites for hydroxylation is 1. The third-order valence-electron chi connectivity index (χ3n) is 9.83. The molecule has 0 amide bonds. The topological polar surface area (TPSA) is 3.24 Å². The van der Waals surface area contributed by atoms with Crippen molar-refractivity contribution in [2.24, 2.45) is 0 Å². The minimum Gasteiger partial charge on any atom is -0.309 e. The van der Waals surface area contributed by atoms with Crippen LogP contribution in [0.15, 0.2) is 188 Å². The van der Waals surface area contributed by atoms with E-state index in [1.807, 2.05) is 0 Å². The Kier molecular flexibility index (Phi) is 10.5. The molecule has 7 aromatic rings. The van der Waals surface area contributed by atoms with Crippen LogP contribution in [0.2, 0.25) is 0 Å². The summed E-state index contributed by atoms with van der Waals surface area (Å²) in [5.74, 6) is 0. The lowest BCUT2D eigenvalue weighted by atomic mass is 9.34. The molecule has 51 heavy (non-hydrogen) atoms. The van der Waals surface area contributed by atoms with Crippen molar-refractivity contribution in [2.45, 2.75) is 13.3 Å². The molecule has 0 heterocycles. The van der Waals surface area contributed by atoms with Gasteiger partial charge in [-0.3, -0.25) is 0 Å². The van der Waals surface area contributed by atoms with Gasteiger partial charge in [-0.15, -0.1) is 0 Å². The summed E-state index contributed by atoms with van der Waals surface area (Å²) < 4.78 is 0. The van der Waals surface area contributed by atoms with Crippen molar-refractivity contribution in [3.8, 4) is 33.4 Å². The molecule has 0 spiro atoms. The van der Waals surface area contributed by atoms with Crippen molar-refractivity contribution in [3.63, 3.8) is 0 Å². The van der Waals surface area contributed by atoms with Gasteiger partial charge in [0.2, 0.25) is 6.71 Å². The lowest BCUT2D eigenvalue weighted by Crippen LogP contribution is -2.44. The highest BCUT2D eigenvalue weighted by atomic mass is 15.0. The van der Waals surface area contributed by atoms with Crippen LogP contribution < -0.4 is 10.9 Å². The summed E-state index contributed by atoms with van der Waals surface area (Å²) in [6.07, 6.45) is 0.923. The van der Waals surface area contributed by atoms with Gasteiger partial charge in [-0.1, -0.05) is 210 Å². The van der Waals surface area contributed by atoms with Crippen LogP contribution in [0.1, 0.15) is 23.1 Å². The van der Waals surface area contributed by atoms with Crippen molar-refractivity contribution < 1.29 is 0 Å². The average Bonchev–Trinajstić information content (AvgIpc) is 3.19. The maximum Gasteiger partial charge on any atom is 0.242 e. The molecule has 0 saturated heterocycles. The fraction of sp³-hybridized carbons (Fsp3) is 0.102. The van der Waals surface area contributed by atoms with E-state index in [9.17, 15) is 0 Å². The molecular weight excluding hydrogens is 613 g/mol. The smallest absolute Gasteiger partial charge is 0.242 e. The minimum atomic E-state index is 0.000636. The molecule has 0 radical (unpaired) electrons. The van der Waals surface area contributed by atoms with Gasteiger partial charge in [-0.2, -0.15) is 0 Å². The highest BCUT2D eigenvalue weighted by Gasteiger charge is 2.29. The van der Waals surface area contributed by atoms with Crippen molar-refractivity contribution in [2.75, 3.05) is 20.6 Å². The highest BCUT2D eigenvalue weighted by molar-refractivity contribution is 7.00. The Morgan fingerprint density at radius 1 is 0.412 bits per heavy atom. The Bertz CT molecular complexity index is 2080. The summed E-state index contributed by atoms with van der Waals surface area (Å²) in [5, 5.41) is 0. The molecule has 2 heteroatoms. The van der Waals surface area contributed by atoms with Crippen LogP contribution >= 0.6 is 0 Å². The largest absolute Gasteiger partial charge is 0.309 e. The fourth-order valence-corrected chi connectivity index (χ4v) is 7.04. The van der Waals surface area contributed by atoms with Crippen molar-refractivity contribution in [3.05, 3.63) is 205 Å². The summed E-state index contributed by atoms with van der Waals surface area (Å²) in [6, 6.07) is 68.9. The molecule has 0 aromatic heterocycles. The summed E-state index contributed by atoms with van der Waals surface area (Å²) in [5.41, 5.74) is 16.4. The predicted molar refractivity (Wildman–Crippen MR) is 222 cm³/mol. The molecule has 0 bridgehead atoms. The standard InChI is InChI=1S/C49H44BN/c1-37-19-21-44(22-20-37)48(35-36-51(2)3)49(45-25-23-41(24-26-45)38-13-7-4-8-14-38)50(46-31-27-42(28-32-46)39-15-9-5-10-16-39)47-33-29-43(30-34-47)40-17-11-6-12-18-40/h4-34H,35-36H2,1-3H3/b49-48+. The maximum atomic E-state index is 2.34. The predicted octanol–water partition coefficient (Wildman–Crippen LogP) is 10.7. The Morgan fingerprint density at radius 2 is 0.765 bits per heavy atom. The molecule has 0 fully saturated rings. The van der Waals surface area contributed by atoms with Crippen LogP contribution in [0.5, 0.6) is 0 Å². The lowest BCUT2D eigenvalue weighted by Gasteiger charge is -2.26. The van der Waals surface area contributed by atoms with Crippen LogP contribution in [0.3, 0.4) is 0 Å². The van der Waals surface area contributed by atoms with Crippen molar-refractivity contribution >= 4 is 28.7 Å². The van der Waals surface area contributed by atoms with Gasteiger partial charge in [0.1, 0.15) is 0 Å². The van der Waals surface area contributed by atoms with Gasteiger partial charge in [0.15, 0.2) is 0 Å². The number of hydrogen-bond acceptors (Lipinski definition) is 1. The quantitative estimate of drug-likeness (QED) is 0.0989. The number of benzene rings is 7. The molecule has 0 aliphatic heterocycles. The third-order valence-corrected chi connectivity index (χ3v) is 9.83. The van der Waals surface area contributed by atoms with Crippen LogP contribution in [0.25, 0.3) is 44.4 Å². The molecule has 7 rings (SSSR count). The molecule has 7 aromatic carbocycles. The van der Waals surface area contributed by atoms with Crippen LogP contribution in [0.4, 0.5) is 0 Å². The summed E-state index contributed by atoms with van der Waals surface area (Å²) in [4.78, 5) is 2.29. The van der Waals surface area contributed by atoms with Crippen LogP contribution in [-0.2, 0) is 0 Å². The molecule has 1 nitrogen and oxygen atoms in total. The highest BCUT2D eigenvalue weighted by Crippen LogP contribution is 2.34. The van der Waals surface area contributed by atoms with Gasteiger partial charge in [-0.25, -0.2) is 0 Å². The van der Waals surface area contributed by atoms with Crippen LogP contribution in [-0.4, -0.2) is 32.3 Å². The molecule has 0 N–H and O–H groups in total. The molecule has 0 unspecified atom stereocenters. The van der Waals surface area contributed by atoms with Crippen molar-refractivity contribution in [1.29, 1.82) is 0 Å². The normalized spacial score (nSPS) is 11.7. The first-order valence-corrected chi connectivity index (χ1v) is 17.9. The first kappa shape index (κ1) is 33.8. The van der Waals surface area contributed by atoms with Gasteiger partial charge < -0.3 is 4.90 Å². The molecular formula is C49H44BN. The fourth-order valence-electron chi connectivity index (χ4n) is 7.04. The first-order chi connectivity index (χ1) is 25.0. The second kappa shape index (κ2) is 15.9. The Labute approximate surface area is 304 Å². The average molecular weight is 658 g/mol. The van der Waals surface area contributed by atoms with E-state index in [0.717, 1.165) is 13.0 Å². The van der Waals surface area contributed by atoms with E-state index in [4.69, 9.17) is 0 Å². The molecule has 0 aliphatic carbocycles. The van der Waals surface area contributed by atoms with E-state index in [1.165, 1.54) is 72.0 Å². The number of hydrogen-bond donors (Lipinski definition) is 0. The maximum absolute atomic E-state index is 2.34. The Balaban J connectivity index is 1.46. The second-order valence-electron chi connectivity index (χ2n) is 13.7. The number of rotatable bonds is 11. The summed E-state index contributed by atoms with van der Waals surface area (Å²) >= 11 is 0. The van der Waals surface area contributed by atoms with Gasteiger partial charge >= 0.3 is 0 Å². The van der Waals surface area contributed by atoms with E-state index in [2.05, 4.69) is 214 Å². The molecule has 248 valence electrons. The Hall–Kier alpha value is -5.70. The van der Waals surface area contributed by atoms with Crippen molar-refractivity contribution in [1.82, 2.24) is 4.90 Å². The zero-order valence-corrected chi connectivity index (χ0v) is 29.8. The van der Waals surface area contributed by atoms with Gasteiger partial charge in [0, 0.05) is 6.54 Å². The van der Waals surface area contributed by atoms with E-state index in [1.54, 1.807) is 0 Å². The zero-order valence-electron chi connectivity index (χ0n) is 29.8. The third kappa shape index (κ3) is 8.04. The van der Waals surface area contributed by atoms with E-state index in [-0.39, 0.29) is 6.71 Å². The monoisotopic (exact) mass is 657 g/mol. The minimum absolute atomic E-state index is 0.000636. The Morgan fingerprint density at radius 3 is 1.16 bits per heavy atom. The number of nitrogens with zero attached hydrogens (tertiary/aromatic N) is 1.